The summed E-state index contributed by atoms with van der Waals surface area (Å²) >= 11 is 0. The van der Waals surface area contributed by atoms with Gasteiger partial charge in [-0.05, 0) is 151 Å². The monoisotopic (exact) mass is 807 g/mol. The number of benzene rings is 1. The highest BCUT2D eigenvalue weighted by Gasteiger charge is 2.12. The molecule has 4 N–H and O–H groups in total. The van der Waals surface area contributed by atoms with Crippen LogP contribution in [0, 0.1) is 6.92 Å². The molecule has 0 aliphatic rings. The molecule has 1 heterocycles. The van der Waals surface area contributed by atoms with Crippen LogP contribution in [-0.2, 0) is 17.8 Å². The zero-order valence-corrected chi connectivity index (χ0v) is 39.0. The maximum absolute atomic E-state index is 12.6. The molecule has 0 bridgehead atoms. The number of unbranched alkanes of at least 4 members (excludes halogenated alkanes) is 2. The van der Waals surface area contributed by atoms with Crippen LogP contribution in [0.3, 0.4) is 0 Å². The number of likely N-dealkylation sites (N-methyl/N-ethyl adjacent to an activating group) is 1. The van der Waals surface area contributed by atoms with E-state index < -0.39 is 0 Å². The molecule has 2 rings (SSSR count). The van der Waals surface area contributed by atoms with Crippen LogP contribution in [0.1, 0.15) is 168 Å². The number of hydrogen-bond acceptors (Lipinski definition) is 6. The third-order valence-corrected chi connectivity index (χ3v) is 10.8. The van der Waals surface area contributed by atoms with E-state index in [-0.39, 0.29) is 5.91 Å². The van der Waals surface area contributed by atoms with E-state index in [1.807, 2.05) is 6.92 Å². The number of nitrogens with zero attached hydrogens (tertiary/aromatic N) is 3. The summed E-state index contributed by atoms with van der Waals surface area (Å²) in [5, 5.41) is 6.57. The van der Waals surface area contributed by atoms with E-state index in [1.165, 1.54) is 51.0 Å². The van der Waals surface area contributed by atoms with Crippen LogP contribution in [0.5, 0.6) is 0 Å². The van der Waals surface area contributed by atoms with Crippen LogP contribution in [0.15, 0.2) is 94.2 Å². The number of hydrogen-bond donors (Lipinski definition) is 3. The van der Waals surface area contributed by atoms with Gasteiger partial charge in [0, 0.05) is 50.3 Å². The van der Waals surface area contributed by atoms with E-state index in [9.17, 15) is 4.79 Å². The molecule has 0 atom stereocenters. The predicted octanol–water partition coefficient (Wildman–Crippen LogP) is 13.1. The molecule has 0 spiro atoms. The van der Waals surface area contributed by atoms with Gasteiger partial charge in [0.25, 0.3) is 0 Å². The first-order valence-electron chi connectivity index (χ1n) is 22.6. The number of amides is 1. The highest BCUT2D eigenvalue weighted by atomic mass is 16.1. The first kappa shape index (κ1) is 50.9. The van der Waals surface area contributed by atoms with Crippen LogP contribution in [0.2, 0.25) is 0 Å². The minimum atomic E-state index is 0.121. The average molecular weight is 807 g/mol. The number of rotatable bonds is 29. The van der Waals surface area contributed by atoms with Crippen molar-refractivity contribution in [2.24, 2.45) is 0 Å². The lowest BCUT2D eigenvalue weighted by Crippen LogP contribution is -2.32. The second kappa shape index (κ2) is 29.9. The number of aryl methyl sites for hydroxylation is 1. The van der Waals surface area contributed by atoms with E-state index in [4.69, 9.17) is 5.73 Å². The molecule has 1 aromatic heterocycles. The largest absolute Gasteiger partial charge is 0.370 e. The molecule has 0 unspecified atom stereocenters. The molecule has 326 valence electrons. The summed E-state index contributed by atoms with van der Waals surface area (Å²) in [4.78, 5) is 23.7. The van der Waals surface area contributed by atoms with Gasteiger partial charge in [-0.15, -0.1) is 0 Å². The highest BCUT2D eigenvalue weighted by molar-refractivity contribution is 5.76. The van der Waals surface area contributed by atoms with Gasteiger partial charge < -0.3 is 21.3 Å². The SMILES string of the molecule is CCCCNc1nc(N)nc(C)c1Cc1ccc(CN(C)CCNC(=O)CC/C(C)=C/CC/C(C)=C/CC/C(C)=C/CC/C=C(\C)CC/C=C(\C)CCC=C(C)C)cc1. The molecule has 2 aromatic rings. The van der Waals surface area contributed by atoms with Crippen LogP contribution in [0.4, 0.5) is 11.8 Å². The van der Waals surface area contributed by atoms with Crippen LogP contribution >= 0.6 is 0 Å². The smallest absolute Gasteiger partial charge is 0.222 e. The Morgan fingerprint density at radius 3 is 1.68 bits per heavy atom. The van der Waals surface area contributed by atoms with Gasteiger partial charge >= 0.3 is 0 Å². The fourth-order valence-corrected chi connectivity index (χ4v) is 6.90. The first-order valence-corrected chi connectivity index (χ1v) is 22.6. The van der Waals surface area contributed by atoms with Crippen molar-refractivity contribution in [3.63, 3.8) is 0 Å². The number of anilines is 2. The Morgan fingerprint density at radius 1 is 0.661 bits per heavy atom. The Morgan fingerprint density at radius 2 is 1.15 bits per heavy atom. The molecule has 1 amide bonds. The molecule has 59 heavy (non-hydrogen) atoms. The molecule has 0 saturated carbocycles. The van der Waals surface area contributed by atoms with E-state index >= 15 is 0 Å². The molecule has 7 nitrogen and oxygen atoms in total. The quantitative estimate of drug-likeness (QED) is 0.0560. The molecule has 0 aliphatic heterocycles. The molecule has 0 radical (unpaired) electrons. The van der Waals surface area contributed by atoms with Crippen molar-refractivity contribution in [3.05, 3.63) is 117 Å². The van der Waals surface area contributed by atoms with E-state index in [0.29, 0.717) is 18.9 Å². The predicted molar refractivity (Wildman–Crippen MR) is 257 cm³/mol. The fourth-order valence-electron chi connectivity index (χ4n) is 6.90. The number of carbonyl (C=O) groups is 1. The molecule has 0 saturated heterocycles. The average Bonchev–Trinajstić information content (AvgIpc) is 3.17. The van der Waals surface area contributed by atoms with Crippen molar-refractivity contribution in [2.75, 3.05) is 37.7 Å². The van der Waals surface area contributed by atoms with Gasteiger partial charge in [-0.25, -0.2) is 4.98 Å². The lowest BCUT2D eigenvalue weighted by Gasteiger charge is -2.18. The third-order valence-electron chi connectivity index (χ3n) is 10.8. The maximum atomic E-state index is 12.6. The minimum absolute atomic E-state index is 0.121. The zero-order valence-electron chi connectivity index (χ0n) is 39.0. The van der Waals surface area contributed by atoms with Gasteiger partial charge in [-0.1, -0.05) is 108 Å². The standard InChI is InChI=1S/C52H82N6O/c1-11-12-35-55-51-49(46(9)56-52(53)57-51)38-47-30-32-48(33-31-47)39-58(10)37-36-54-50(59)34-29-45(8)28-18-27-44(7)26-17-24-42(5)21-14-13-20-41(4)23-16-25-43(6)22-15-19-40(2)3/h19-21,25-26,28,30-33H,11-18,22-24,27,29,34-39H2,1-10H3,(H,54,59)(H3,53,55,56,57)/b41-20+,42-21+,43-25+,44-26+,45-28+. The van der Waals surface area contributed by atoms with Crippen molar-refractivity contribution in [1.82, 2.24) is 20.2 Å². The summed E-state index contributed by atoms with van der Waals surface area (Å²) in [6, 6.07) is 8.74. The Labute approximate surface area is 360 Å². The molecule has 1 aromatic carbocycles. The second-order valence-corrected chi connectivity index (χ2v) is 17.1. The van der Waals surface area contributed by atoms with Crippen molar-refractivity contribution >= 4 is 17.7 Å². The lowest BCUT2D eigenvalue weighted by molar-refractivity contribution is -0.121. The van der Waals surface area contributed by atoms with Crippen LogP contribution in [0.25, 0.3) is 0 Å². The summed E-state index contributed by atoms with van der Waals surface area (Å²) in [6.45, 7) is 22.9. The third kappa shape index (κ3) is 24.5. The molecule has 7 heteroatoms. The number of nitrogens with two attached hydrogens (primary N) is 1. The van der Waals surface area contributed by atoms with Crippen molar-refractivity contribution in [2.45, 2.75) is 165 Å². The van der Waals surface area contributed by atoms with Gasteiger partial charge in [-0.2, -0.15) is 4.98 Å². The molecule has 0 aliphatic carbocycles. The molecular weight excluding hydrogens is 725 g/mol. The van der Waals surface area contributed by atoms with Gasteiger partial charge in [0.2, 0.25) is 11.9 Å². The first-order chi connectivity index (χ1) is 28.2. The number of nitrogen functional groups attached to an aromatic ring is 1. The molecular formula is C52H82N6O. The summed E-state index contributed by atoms with van der Waals surface area (Å²) in [5.74, 6) is 1.27. The van der Waals surface area contributed by atoms with Gasteiger partial charge in [0.1, 0.15) is 5.82 Å². The Bertz CT molecular complexity index is 1720. The van der Waals surface area contributed by atoms with E-state index in [0.717, 1.165) is 120 Å². The lowest BCUT2D eigenvalue weighted by atomic mass is 10.0. The number of allylic oxidation sites excluding steroid dienone is 12. The number of carbonyl (C=O) groups excluding carboxylic acids is 1. The summed E-state index contributed by atoms with van der Waals surface area (Å²) in [5.41, 5.74) is 19.1. The minimum Gasteiger partial charge on any atom is -0.370 e. The van der Waals surface area contributed by atoms with Crippen molar-refractivity contribution in [1.29, 1.82) is 0 Å². The van der Waals surface area contributed by atoms with Crippen molar-refractivity contribution in [3.8, 4) is 0 Å². The van der Waals surface area contributed by atoms with Crippen LogP contribution in [-0.4, -0.2) is 47.5 Å². The zero-order chi connectivity index (χ0) is 43.4. The Balaban J connectivity index is 1.60. The van der Waals surface area contributed by atoms with Gasteiger partial charge in [0.15, 0.2) is 0 Å². The summed E-state index contributed by atoms with van der Waals surface area (Å²) < 4.78 is 0. The Hall–Kier alpha value is -4.23. The maximum Gasteiger partial charge on any atom is 0.222 e. The van der Waals surface area contributed by atoms with Crippen LogP contribution < -0.4 is 16.4 Å². The molecule has 0 fully saturated rings. The fraction of sp³-hybridized carbons (Fsp3) is 0.558. The van der Waals surface area contributed by atoms with E-state index in [2.05, 4.69) is 149 Å². The Kier molecular flexibility index (Phi) is 25.8. The number of aromatic nitrogens is 2. The summed E-state index contributed by atoms with van der Waals surface area (Å²) in [7, 11) is 2.10. The highest BCUT2D eigenvalue weighted by Crippen LogP contribution is 2.22. The van der Waals surface area contributed by atoms with Gasteiger partial charge in [0.05, 0.1) is 0 Å². The topological polar surface area (TPSA) is 96.2 Å². The van der Waals surface area contributed by atoms with Crippen molar-refractivity contribution < 1.29 is 4.79 Å². The summed E-state index contributed by atoms with van der Waals surface area (Å²) in [6.07, 6.45) is 29.8. The van der Waals surface area contributed by atoms with Gasteiger partial charge in [-0.3, -0.25) is 4.79 Å². The second-order valence-electron chi connectivity index (χ2n) is 17.1. The van der Waals surface area contributed by atoms with E-state index in [1.54, 1.807) is 0 Å². The number of nitrogens with one attached hydrogen (secondary N) is 2. The normalized spacial score (nSPS) is 13.0.